The van der Waals surface area contributed by atoms with Crippen molar-refractivity contribution >= 4 is 27.9 Å². The summed E-state index contributed by atoms with van der Waals surface area (Å²) in [5.41, 5.74) is 1.89. The largest absolute Gasteiger partial charge is 0.347 e. The molecule has 2 aromatic rings. The first-order valence-electron chi connectivity index (χ1n) is 6.38. The molecule has 0 spiro atoms. The Bertz CT molecular complexity index is 685. The van der Waals surface area contributed by atoms with Crippen molar-refractivity contribution in [2.75, 3.05) is 0 Å². The van der Waals surface area contributed by atoms with Gasteiger partial charge in [-0.05, 0) is 29.3 Å². The lowest BCUT2D eigenvalue weighted by atomic mass is 10.1. The summed E-state index contributed by atoms with van der Waals surface area (Å²) < 4.78 is 0.951. The molecule has 3 nitrogen and oxygen atoms in total. The molecule has 21 heavy (non-hydrogen) atoms. The zero-order valence-electron chi connectivity index (χ0n) is 11.2. The maximum absolute atomic E-state index is 12.0. The predicted octanol–water partition coefficient (Wildman–Crippen LogP) is 3.67. The lowest BCUT2D eigenvalue weighted by Gasteiger charge is -2.04. The van der Waals surface area contributed by atoms with Gasteiger partial charge in [-0.25, -0.2) is 0 Å². The molecule has 2 aromatic carbocycles. The highest BCUT2D eigenvalue weighted by Crippen LogP contribution is 2.13. The Hall–Kier alpha value is -2.38. The fourth-order valence-electron chi connectivity index (χ4n) is 1.75. The van der Waals surface area contributed by atoms with Gasteiger partial charge in [0, 0.05) is 11.0 Å². The number of rotatable bonds is 4. The lowest BCUT2D eigenvalue weighted by molar-refractivity contribution is -0.117. The fourth-order valence-corrected chi connectivity index (χ4v) is 2.01. The Labute approximate surface area is 132 Å². The van der Waals surface area contributed by atoms with E-state index in [1.807, 2.05) is 60.7 Å². The molecular formula is C17H13BrN2O. The van der Waals surface area contributed by atoms with Crippen LogP contribution < -0.4 is 5.32 Å². The standard InChI is InChI=1S/C17H13BrN2O/c18-16-8-6-13(7-9-16)10-15(11-19)17(21)20-12-14-4-2-1-3-5-14/h1-10H,12H2,(H,20,21)/b15-10-. The van der Waals surface area contributed by atoms with Crippen LogP contribution in [0.15, 0.2) is 64.6 Å². The van der Waals surface area contributed by atoms with Crippen LogP contribution in [0.4, 0.5) is 0 Å². The zero-order chi connectivity index (χ0) is 15.1. The number of halogens is 1. The molecule has 1 N–H and O–H groups in total. The quantitative estimate of drug-likeness (QED) is 0.681. The van der Waals surface area contributed by atoms with E-state index in [1.165, 1.54) is 0 Å². The highest BCUT2D eigenvalue weighted by Gasteiger charge is 2.08. The van der Waals surface area contributed by atoms with E-state index in [1.54, 1.807) is 6.08 Å². The topological polar surface area (TPSA) is 52.9 Å². The Morgan fingerprint density at radius 3 is 2.43 bits per heavy atom. The molecule has 104 valence electrons. The summed E-state index contributed by atoms with van der Waals surface area (Å²) in [6, 6.07) is 18.9. The zero-order valence-corrected chi connectivity index (χ0v) is 12.8. The number of benzene rings is 2. The van der Waals surface area contributed by atoms with Crippen LogP contribution in [0, 0.1) is 11.3 Å². The lowest BCUT2D eigenvalue weighted by Crippen LogP contribution is -2.23. The second-order valence-electron chi connectivity index (χ2n) is 4.39. The Morgan fingerprint density at radius 2 is 1.81 bits per heavy atom. The number of nitrogens with one attached hydrogen (secondary N) is 1. The van der Waals surface area contributed by atoms with E-state index in [4.69, 9.17) is 5.26 Å². The molecule has 0 aliphatic carbocycles. The highest BCUT2D eigenvalue weighted by atomic mass is 79.9. The minimum atomic E-state index is -0.371. The second-order valence-corrected chi connectivity index (χ2v) is 5.31. The Balaban J connectivity index is 2.05. The van der Waals surface area contributed by atoms with Crippen molar-refractivity contribution in [1.82, 2.24) is 5.32 Å². The average Bonchev–Trinajstić information content (AvgIpc) is 2.53. The Morgan fingerprint density at radius 1 is 1.14 bits per heavy atom. The van der Waals surface area contributed by atoms with Crippen LogP contribution in [-0.4, -0.2) is 5.91 Å². The summed E-state index contributed by atoms with van der Waals surface area (Å²) >= 11 is 3.34. The monoisotopic (exact) mass is 340 g/mol. The number of nitrogens with zero attached hydrogens (tertiary/aromatic N) is 1. The first kappa shape index (κ1) is 15.0. The molecule has 0 aliphatic heterocycles. The van der Waals surface area contributed by atoms with E-state index in [0.29, 0.717) is 6.54 Å². The molecule has 0 unspecified atom stereocenters. The second kappa shape index (κ2) is 7.41. The molecule has 0 bridgehead atoms. The van der Waals surface area contributed by atoms with Crippen molar-refractivity contribution in [2.24, 2.45) is 0 Å². The highest BCUT2D eigenvalue weighted by molar-refractivity contribution is 9.10. The van der Waals surface area contributed by atoms with Crippen molar-refractivity contribution in [3.05, 3.63) is 75.8 Å². The average molecular weight is 341 g/mol. The van der Waals surface area contributed by atoms with Crippen molar-refractivity contribution in [1.29, 1.82) is 5.26 Å². The number of nitriles is 1. The molecule has 0 aromatic heterocycles. The number of carbonyl (C=O) groups excluding carboxylic acids is 1. The molecule has 0 atom stereocenters. The number of hydrogen-bond donors (Lipinski definition) is 1. The normalized spacial score (nSPS) is 10.8. The molecular weight excluding hydrogens is 328 g/mol. The van der Waals surface area contributed by atoms with Gasteiger partial charge < -0.3 is 5.32 Å². The molecule has 0 fully saturated rings. The first-order chi connectivity index (χ1) is 10.2. The van der Waals surface area contributed by atoms with Gasteiger partial charge in [0.25, 0.3) is 5.91 Å². The van der Waals surface area contributed by atoms with Crippen LogP contribution in [0.3, 0.4) is 0 Å². The van der Waals surface area contributed by atoms with Gasteiger partial charge in [0.05, 0.1) is 0 Å². The van der Waals surface area contributed by atoms with Crippen molar-refractivity contribution in [3.8, 4) is 6.07 Å². The van der Waals surface area contributed by atoms with E-state index in [0.717, 1.165) is 15.6 Å². The number of hydrogen-bond acceptors (Lipinski definition) is 2. The maximum Gasteiger partial charge on any atom is 0.262 e. The van der Waals surface area contributed by atoms with Gasteiger partial charge in [0.1, 0.15) is 11.6 Å². The van der Waals surface area contributed by atoms with Crippen LogP contribution in [0.2, 0.25) is 0 Å². The van der Waals surface area contributed by atoms with Gasteiger partial charge >= 0.3 is 0 Å². The van der Waals surface area contributed by atoms with Gasteiger partial charge in [0.15, 0.2) is 0 Å². The summed E-state index contributed by atoms with van der Waals surface area (Å²) in [5.74, 6) is -0.371. The fraction of sp³-hybridized carbons (Fsp3) is 0.0588. The van der Waals surface area contributed by atoms with E-state index in [2.05, 4.69) is 21.2 Å². The van der Waals surface area contributed by atoms with Crippen molar-refractivity contribution < 1.29 is 4.79 Å². The third-order valence-electron chi connectivity index (χ3n) is 2.84. The summed E-state index contributed by atoms with van der Waals surface area (Å²) in [6.45, 7) is 0.402. The third kappa shape index (κ3) is 4.59. The predicted molar refractivity (Wildman–Crippen MR) is 86.0 cm³/mol. The minimum Gasteiger partial charge on any atom is -0.347 e. The minimum absolute atomic E-state index is 0.0910. The third-order valence-corrected chi connectivity index (χ3v) is 3.37. The van der Waals surface area contributed by atoms with E-state index < -0.39 is 0 Å². The summed E-state index contributed by atoms with van der Waals surface area (Å²) in [6.07, 6.45) is 1.58. The molecule has 0 saturated carbocycles. The summed E-state index contributed by atoms with van der Waals surface area (Å²) in [7, 11) is 0. The maximum atomic E-state index is 12.0. The molecule has 0 heterocycles. The van der Waals surface area contributed by atoms with Gasteiger partial charge in [-0.15, -0.1) is 0 Å². The van der Waals surface area contributed by atoms with Crippen LogP contribution in [-0.2, 0) is 11.3 Å². The van der Waals surface area contributed by atoms with E-state index in [9.17, 15) is 4.79 Å². The van der Waals surface area contributed by atoms with Gasteiger partial charge in [-0.1, -0.05) is 58.4 Å². The van der Waals surface area contributed by atoms with Crippen LogP contribution in [0.25, 0.3) is 6.08 Å². The van der Waals surface area contributed by atoms with Crippen molar-refractivity contribution in [2.45, 2.75) is 6.54 Å². The van der Waals surface area contributed by atoms with Gasteiger partial charge in [-0.2, -0.15) is 5.26 Å². The van der Waals surface area contributed by atoms with Crippen molar-refractivity contribution in [3.63, 3.8) is 0 Å². The van der Waals surface area contributed by atoms with Crippen LogP contribution in [0.5, 0.6) is 0 Å². The molecule has 1 amide bonds. The number of carbonyl (C=O) groups is 1. The van der Waals surface area contributed by atoms with Gasteiger partial charge in [-0.3, -0.25) is 4.79 Å². The van der Waals surface area contributed by atoms with E-state index in [-0.39, 0.29) is 11.5 Å². The van der Waals surface area contributed by atoms with E-state index >= 15 is 0 Å². The summed E-state index contributed by atoms with van der Waals surface area (Å²) in [4.78, 5) is 12.0. The SMILES string of the molecule is N#C/C(=C/c1ccc(Br)cc1)C(=O)NCc1ccccc1. The number of amides is 1. The first-order valence-corrected chi connectivity index (χ1v) is 7.18. The van der Waals surface area contributed by atoms with Crippen LogP contribution in [0.1, 0.15) is 11.1 Å². The Kier molecular flexibility index (Phi) is 5.30. The molecule has 2 rings (SSSR count). The van der Waals surface area contributed by atoms with Crippen LogP contribution >= 0.6 is 15.9 Å². The molecule has 0 radical (unpaired) electrons. The summed E-state index contributed by atoms with van der Waals surface area (Å²) in [5, 5.41) is 11.9. The van der Waals surface area contributed by atoms with Gasteiger partial charge in [0.2, 0.25) is 0 Å². The molecule has 0 aliphatic rings. The smallest absolute Gasteiger partial charge is 0.262 e. The molecule has 0 saturated heterocycles. The molecule has 4 heteroatoms.